The van der Waals surface area contributed by atoms with Gasteiger partial charge in [0.25, 0.3) is 11.6 Å². The third-order valence-corrected chi connectivity index (χ3v) is 6.30. The molecule has 8 nitrogen and oxygen atoms in total. The lowest BCUT2D eigenvalue weighted by molar-refractivity contribution is -0.384. The van der Waals surface area contributed by atoms with Gasteiger partial charge in [-0.1, -0.05) is 29.8 Å². The van der Waals surface area contributed by atoms with E-state index < -0.39 is 4.92 Å². The highest BCUT2D eigenvalue weighted by Gasteiger charge is 2.29. The number of hydrogen-bond donors (Lipinski definition) is 0. The summed E-state index contributed by atoms with van der Waals surface area (Å²) in [6.45, 7) is 4.28. The maximum Gasteiger partial charge on any atom is 0.280 e. The maximum absolute atomic E-state index is 13.1. The van der Waals surface area contributed by atoms with Gasteiger partial charge in [-0.2, -0.15) is 10.1 Å². The van der Waals surface area contributed by atoms with Crippen molar-refractivity contribution < 1.29 is 19.2 Å². The summed E-state index contributed by atoms with van der Waals surface area (Å²) in [5, 5.41) is 17.1. The number of rotatable bonds is 8. The number of ether oxygens (including phenoxy) is 2. The Labute approximate surface area is 221 Å². The number of hydrogen-bond acceptors (Lipinski definition) is 6. The van der Waals surface area contributed by atoms with Crippen LogP contribution in [0.25, 0.3) is 6.08 Å². The molecular formula is C26H21BrClN3O5. The van der Waals surface area contributed by atoms with E-state index in [1.807, 2.05) is 31.2 Å². The van der Waals surface area contributed by atoms with E-state index in [-0.39, 0.29) is 18.2 Å². The number of nitro benzene ring substituents is 1. The Kier molecular flexibility index (Phi) is 7.71. The molecule has 10 heteroatoms. The Morgan fingerprint density at radius 3 is 2.53 bits per heavy atom. The summed E-state index contributed by atoms with van der Waals surface area (Å²) in [6, 6.07) is 16.7. The van der Waals surface area contributed by atoms with Crippen molar-refractivity contribution in [1.82, 2.24) is 0 Å². The van der Waals surface area contributed by atoms with Crippen LogP contribution in [0.15, 0.2) is 75.8 Å². The van der Waals surface area contributed by atoms with Gasteiger partial charge in [-0.25, -0.2) is 0 Å². The van der Waals surface area contributed by atoms with Crippen LogP contribution in [0.5, 0.6) is 11.5 Å². The number of carbonyl (C=O) groups is 1. The van der Waals surface area contributed by atoms with Gasteiger partial charge in [0.05, 0.1) is 33.0 Å². The molecule has 1 aliphatic rings. The number of carbonyl (C=O) groups excluding carboxylic acids is 1. The molecule has 0 spiro atoms. The number of non-ortho nitro benzene ring substituents is 1. The zero-order chi connectivity index (χ0) is 25.8. The molecule has 3 aromatic carbocycles. The Morgan fingerprint density at radius 1 is 1.14 bits per heavy atom. The molecule has 0 N–H and O–H groups in total. The largest absolute Gasteiger partial charge is 0.490 e. The van der Waals surface area contributed by atoms with E-state index >= 15 is 0 Å². The van der Waals surface area contributed by atoms with Gasteiger partial charge in [-0.3, -0.25) is 14.9 Å². The average Bonchev–Trinajstić information content (AvgIpc) is 3.13. The molecule has 3 aromatic rings. The number of hydrazone groups is 1. The first-order valence-corrected chi connectivity index (χ1v) is 12.1. The molecule has 0 aromatic heterocycles. The fourth-order valence-corrected chi connectivity index (χ4v) is 4.35. The number of anilines is 1. The molecule has 36 heavy (non-hydrogen) atoms. The molecule has 0 aliphatic carbocycles. The topological polar surface area (TPSA) is 94.3 Å². The first kappa shape index (κ1) is 25.4. The van der Waals surface area contributed by atoms with E-state index in [0.29, 0.717) is 50.1 Å². The molecule has 0 fully saturated rings. The number of benzene rings is 3. The zero-order valence-electron chi connectivity index (χ0n) is 19.4. The van der Waals surface area contributed by atoms with Gasteiger partial charge in [0.2, 0.25) is 0 Å². The zero-order valence-corrected chi connectivity index (χ0v) is 21.7. The number of nitrogens with zero attached hydrogens (tertiary/aromatic N) is 3. The highest BCUT2D eigenvalue weighted by molar-refractivity contribution is 9.10. The van der Waals surface area contributed by atoms with E-state index in [4.69, 9.17) is 21.1 Å². The molecule has 0 saturated heterocycles. The third kappa shape index (κ3) is 5.42. The number of nitro groups is 1. The fraction of sp³-hybridized carbons (Fsp3) is 0.154. The number of halogens is 2. The molecule has 0 bridgehead atoms. The summed E-state index contributed by atoms with van der Waals surface area (Å²) in [4.78, 5) is 23.5. The second kappa shape index (κ2) is 10.9. The minimum absolute atomic E-state index is 0.0630. The predicted molar refractivity (Wildman–Crippen MR) is 143 cm³/mol. The summed E-state index contributed by atoms with van der Waals surface area (Å²) in [5.41, 5.74) is 2.84. The van der Waals surface area contributed by atoms with Crippen LogP contribution in [-0.2, 0) is 11.4 Å². The molecule has 1 heterocycles. The minimum Gasteiger partial charge on any atom is -0.490 e. The molecule has 0 unspecified atom stereocenters. The van der Waals surface area contributed by atoms with E-state index in [9.17, 15) is 14.9 Å². The predicted octanol–water partition coefficient (Wildman–Crippen LogP) is 6.79. The van der Waals surface area contributed by atoms with Gasteiger partial charge in [-0.15, -0.1) is 0 Å². The second-order valence-electron chi connectivity index (χ2n) is 7.78. The van der Waals surface area contributed by atoms with Crippen molar-refractivity contribution in [1.29, 1.82) is 0 Å². The Balaban J connectivity index is 1.60. The van der Waals surface area contributed by atoms with Crippen LogP contribution in [-0.4, -0.2) is 23.1 Å². The van der Waals surface area contributed by atoms with Crippen LogP contribution in [0, 0.1) is 10.1 Å². The Hall–Kier alpha value is -3.69. The van der Waals surface area contributed by atoms with Gasteiger partial charge >= 0.3 is 0 Å². The SMILES string of the molecule is CCOc1cc(C=C2C(=O)N(c3ccc([N+](=O)[O-])cc3)N=C2C)cc(Br)c1OCc1ccccc1Cl. The van der Waals surface area contributed by atoms with Crippen molar-refractivity contribution in [3.63, 3.8) is 0 Å². The standard InChI is InChI=1S/C26H21BrClN3O5/c1-3-35-24-14-17(13-22(27)25(24)36-15-18-6-4-5-7-23(18)28)12-21-16(2)29-30(26(21)32)19-8-10-20(11-9-19)31(33)34/h4-14H,3,15H2,1-2H3. The lowest BCUT2D eigenvalue weighted by atomic mass is 10.1. The van der Waals surface area contributed by atoms with E-state index in [2.05, 4.69) is 21.0 Å². The summed E-state index contributed by atoms with van der Waals surface area (Å²) < 4.78 is 12.5. The normalized spacial score (nSPS) is 14.2. The number of amides is 1. The highest BCUT2D eigenvalue weighted by atomic mass is 79.9. The summed E-state index contributed by atoms with van der Waals surface area (Å²) >= 11 is 9.81. The van der Waals surface area contributed by atoms with E-state index in [1.54, 1.807) is 25.1 Å². The summed E-state index contributed by atoms with van der Waals surface area (Å²) in [5.74, 6) is 0.696. The minimum atomic E-state index is -0.495. The fourth-order valence-electron chi connectivity index (χ4n) is 3.58. The Morgan fingerprint density at radius 2 is 1.86 bits per heavy atom. The van der Waals surface area contributed by atoms with Crippen molar-refractivity contribution in [2.45, 2.75) is 20.5 Å². The quantitative estimate of drug-likeness (QED) is 0.169. The van der Waals surface area contributed by atoms with Crippen LogP contribution in [0.3, 0.4) is 0 Å². The summed E-state index contributed by atoms with van der Waals surface area (Å²) in [7, 11) is 0. The second-order valence-corrected chi connectivity index (χ2v) is 9.04. The van der Waals surface area contributed by atoms with Crippen molar-refractivity contribution in [3.8, 4) is 11.5 Å². The Bertz CT molecular complexity index is 1390. The van der Waals surface area contributed by atoms with Gasteiger partial charge in [-0.05, 0) is 71.7 Å². The first-order valence-electron chi connectivity index (χ1n) is 11.0. The lowest BCUT2D eigenvalue weighted by Crippen LogP contribution is -2.21. The third-order valence-electron chi connectivity index (χ3n) is 5.34. The summed E-state index contributed by atoms with van der Waals surface area (Å²) in [6.07, 6.45) is 1.72. The van der Waals surface area contributed by atoms with Crippen LogP contribution in [0.2, 0.25) is 5.02 Å². The van der Waals surface area contributed by atoms with Gasteiger partial charge in [0.1, 0.15) is 6.61 Å². The maximum atomic E-state index is 13.1. The van der Waals surface area contributed by atoms with Gasteiger partial charge < -0.3 is 9.47 Å². The van der Waals surface area contributed by atoms with Crippen LogP contribution in [0.1, 0.15) is 25.0 Å². The molecule has 1 aliphatic heterocycles. The first-order chi connectivity index (χ1) is 17.3. The van der Waals surface area contributed by atoms with E-state index in [1.165, 1.54) is 29.3 Å². The molecule has 0 radical (unpaired) electrons. The van der Waals surface area contributed by atoms with Crippen molar-refractivity contribution in [2.75, 3.05) is 11.6 Å². The van der Waals surface area contributed by atoms with Crippen LogP contribution < -0.4 is 14.5 Å². The lowest BCUT2D eigenvalue weighted by Gasteiger charge is -2.15. The van der Waals surface area contributed by atoms with E-state index in [0.717, 1.165) is 5.56 Å². The molecule has 0 atom stereocenters. The highest BCUT2D eigenvalue weighted by Crippen LogP contribution is 2.39. The van der Waals surface area contributed by atoms with Gasteiger partial charge in [0, 0.05) is 22.7 Å². The van der Waals surface area contributed by atoms with Crippen molar-refractivity contribution in [3.05, 3.63) is 97.0 Å². The average molecular weight is 571 g/mol. The van der Waals surface area contributed by atoms with Crippen LogP contribution >= 0.6 is 27.5 Å². The molecule has 4 rings (SSSR count). The molecule has 1 amide bonds. The van der Waals surface area contributed by atoms with Crippen molar-refractivity contribution >= 4 is 56.6 Å². The van der Waals surface area contributed by atoms with Gasteiger partial charge in [0.15, 0.2) is 11.5 Å². The molecule has 0 saturated carbocycles. The molecular weight excluding hydrogens is 550 g/mol. The van der Waals surface area contributed by atoms with Crippen LogP contribution in [0.4, 0.5) is 11.4 Å². The molecule has 184 valence electrons. The van der Waals surface area contributed by atoms with Crippen molar-refractivity contribution in [2.24, 2.45) is 5.10 Å². The monoisotopic (exact) mass is 569 g/mol. The smallest absolute Gasteiger partial charge is 0.280 e.